The summed E-state index contributed by atoms with van der Waals surface area (Å²) in [6.07, 6.45) is -4.66. The molecular weight excluding hydrogens is 1240 g/mol. The minimum absolute atomic E-state index is 0.0573. The zero-order valence-electron chi connectivity index (χ0n) is 50.0. The number of fused-ring (bicyclic) bond motifs is 1. The van der Waals surface area contributed by atoms with Crippen LogP contribution in [0, 0.1) is 21.7 Å². The lowest BCUT2D eigenvalue weighted by Crippen LogP contribution is -2.38. The van der Waals surface area contributed by atoms with E-state index >= 15 is 0 Å². The quantitative estimate of drug-likeness (QED) is 0.0689. The molecule has 0 saturated carbocycles. The van der Waals surface area contributed by atoms with Crippen molar-refractivity contribution >= 4 is 95.0 Å². The molecule has 2 amide bonds. The number of carbonyl (C=O) groups is 6. The fourth-order valence-electron chi connectivity index (χ4n) is 7.26. The summed E-state index contributed by atoms with van der Waals surface area (Å²) in [5.74, 6) is -2.42. The van der Waals surface area contributed by atoms with Crippen LogP contribution < -0.4 is 22.6 Å². The number of aliphatic hydroxyl groups excluding tert-OH is 2. The first kappa shape index (κ1) is 74.2. The number of nitrogens with zero attached hydrogens (tertiary/aromatic N) is 4. The summed E-state index contributed by atoms with van der Waals surface area (Å²) in [6, 6.07) is 0. The van der Waals surface area contributed by atoms with Crippen molar-refractivity contribution in [3.8, 4) is 0 Å². The van der Waals surface area contributed by atoms with Crippen LogP contribution in [0.15, 0.2) is 34.4 Å². The maximum Gasteiger partial charge on any atom is 0.474 e. The third-order valence-electron chi connectivity index (χ3n) is 11.7. The third kappa shape index (κ3) is 22.0. The Hall–Kier alpha value is -3.24. The minimum atomic E-state index is -4.30. The fourth-order valence-corrected chi connectivity index (χ4v) is 13.3. The molecule has 5 heterocycles. The average Bonchev–Trinajstić information content (AvgIpc) is 1.87. The van der Waals surface area contributed by atoms with E-state index in [9.17, 15) is 57.7 Å². The molecule has 0 bridgehead atoms. The van der Waals surface area contributed by atoms with Gasteiger partial charge in [0.1, 0.15) is 36.6 Å². The number of rotatable bonds is 26. The van der Waals surface area contributed by atoms with Gasteiger partial charge in [-0.05, 0) is 13.8 Å². The molecule has 6 N–H and O–H groups in total. The van der Waals surface area contributed by atoms with Gasteiger partial charge in [-0.2, -0.15) is 0 Å². The SMILES string of the molecule is CC(C)(C)C(=O)SCCOP(=O)(OCCSC(=O)C(C)(C)C)OC[C@H]1O[C@@H](n2ccnc(C(N)=O)c2=O)[C@H](O)[C@@H]1O.CC1(C)O[C@@H]2[C@H](O1)[C@@H](COP(=O)(OCCSC(=O)C(C)(C)C)OCCSC(=O)C(C)(C)C)O[C@H]2n1ccnc(C(N)=O)c1=O. The molecule has 34 heteroatoms. The van der Waals surface area contributed by atoms with E-state index in [2.05, 4.69) is 9.97 Å². The molecule has 0 unspecified atom stereocenters. The van der Waals surface area contributed by atoms with Crippen LogP contribution in [0.1, 0.15) is 130 Å². The molecule has 3 saturated heterocycles. The summed E-state index contributed by atoms with van der Waals surface area (Å²) in [4.78, 5) is 105. The van der Waals surface area contributed by atoms with Crippen molar-refractivity contribution in [2.24, 2.45) is 33.1 Å². The summed E-state index contributed by atoms with van der Waals surface area (Å²) < 4.78 is 85.8. The van der Waals surface area contributed by atoms with Crippen molar-refractivity contribution in [2.45, 2.75) is 152 Å². The number of thioether (sulfide) groups is 4. The number of phosphoric acid groups is 2. The van der Waals surface area contributed by atoms with Crippen molar-refractivity contribution in [1.29, 1.82) is 0 Å². The van der Waals surface area contributed by atoms with E-state index in [0.717, 1.165) is 68.6 Å². The van der Waals surface area contributed by atoms with Gasteiger partial charge in [0.15, 0.2) is 50.1 Å². The zero-order valence-corrected chi connectivity index (χ0v) is 55.1. The van der Waals surface area contributed by atoms with E-state index < -0.39 is 133 Å². The highest BCUT2D eigenvalue weighted by Gasteiger charge is 2.57. The van der Waals surface area contributed by atoms with Gasteiger partial charge in [0.25, 0.3) is 22.9 Å². The number of aliphatic hydroxyl groups is 2. The van der Waals surface area contributed by atoms with Gasteiger partial charge in [-0.25, -0.2) is 19.1 Å². The lowest BCUT2D eigenvalue weighted by Gasteiger charge is -2.26. The van der Waals surface area contributed by atoms with Crippen molar-refractivity contribution in [3.05, 3.63) is 56.9 Å². The van der Waals surface area contributed by atoms with E-state index in [1.165, 1.54) is 12.4 Å². The Morgan fingerprint density at radius 2 is 0.859 bits per heavy atom. The van der Waals surface area contributed by atoms with Crippen LogP contribution in [-0.2, 0) is 74.4 Å². The Bertz CT molecular complexity index is 2830. The topological polar surface area (TPSA) is 391 Å². The number of amides is 2. The zero-order chi connectivity index (χ0) is 64.3. The number of phosphoric ester groups is 2. The van der Waals surface area contributed by atoms with Crippen LogP contribution in [-0.4, -0.2) is 167 Å². The summed E-state index contributed by atoms with van der Waals surface area (Å²) in [7, 11) is -8.53. The van der Waals surface area contributed by atoms with Crippen LogP contribution in [0.25, 0.3) is 0 Å². The molecule has 5 rings (SSSR count). The molecule has 0 aliphatic carbocycles. The Balaban J connectivity index is 0.000000365. The highest BCUT2D eigenvalue weighted by molar-refractivity contribution is 8.14. The van der Waals surface area contributed by atoms with E-state index in [0.29, 0.717) is 0 Å². The van der Waals surface area contributed by atoms with E-state index in [1.54, 1.807) is 96.9 Å². The maximum absolute atomic E-state index is 13.7. The number of nitrogens with two attached hydrogens (primary N) is 2. The average molecular weight is 1320 g/mol. The largest absolute Gasteiger partial charge is 0.474 e. The monoisotopic (exact) mass is 1320 g/mol. The summed E-state index contributed by atoms with van der Waals surface area (Å²) in [5.41, 5.74) is 5.39. The Labute approximate surface area is 510 Å². The number of aromatic nitrogens is 4. The number of hydrogen-bond acceptors (Lipinski definition) is 28. The maximum atomic E-state index is 13.7. The Kier molecular flexibility index (Phi) is 27.1. The molecule has 0 spiro atoms. The highest BCUT2D eigenvalue weighted by atomic mass is 32.2. The summed E-state index contributed by atoms with van der Waals surface area (Å²) in [5, 5.41) is 20.7. The second-order valence-corrected chi connectivity index (χ2v) is 31.4. The van der Waals surface area contributed by atoms with Gasteiger partial charge in [0.2, 0.25) is 0 Å². The Morgan fingerprint density at radius 1 is 0.541 bits per heavy atom. The van der Waals surface area contributed by atoms with E-state index in [4.69, 9.17) is 57.6 Å². The molecule has 3 aliphatic rings. The van der Waals surface area contributed by atoms with Crippen molar-refractivity contribution < 1.29 is 94.2 Å². The predicted octanol–water partition coefficient (Wildman–Crippen LogP) is 5.26. The first-order chi connectivity index (χ1) is 39.1. The lowest BCUT2D eigenvalue weighted by molar-refractivity contribution is -0.200. The first-order valence-electron chi connectivity index (χ1n) is 26.6. The standard InChI is InChI=1S/C27H42N3O11PS2.C24H38N3O11PS2/c1-25(2,3)23(33)43-13-11-36-42(35,37-12-14-44-24(34)26(4,5)6)38-15-16-18-19(41-27(7,8)40-18)22(39-16)30-10-9-29-17(20(28)31)21(30)32;1-23(2,3)21(32)40-11-9-35-39(34,36-10-12-41-22(33)24(4,5)6)37-13-14-16(28)17(29)20(38-14)27-8-7-26-15(18(25)30)19(27)31/h9-10,16,18-19,22H,11-15H2,1-8H3,(H2,28,31);7-8,14,16-17,20,28-29H,9-13H2,1-6H3,(H2,25,30)/t16-,18-,19-,22-;14-,16-,17-,20-/m11/s1. The fraction of sp³-hybridized carbons (Fsp3) is 0.725. The number of ether oxygens (including phenoxy) is 4. The number of hydrogen-bond donors (Lipinski definition) is 4. The molecule has 2 aromatic rings. The first-order valence-corrected chi connectivity index (χ1v) is 33.5. The molecule has 8 atom stereocenters. The van der Waals surface area contributed by atoms with E-state index in [1.807, 2.05) is 0 Å². The molecule has 480 valence electrons. The van der Waals surface area contributed by atoms with Gasteiger partial charge in [0.05, 0.1) is 39.6 Å². The summed E-state index contributed by atoms with van der Waals surface area (Å²) in [6.45, 7) is 23.2. The third-order valence-corrected chi connectivity index (χ3v) is 19.6. The molecule has 85 heavy (non-hydrogen) atoms. The molecule has 3 aliphatic heterocycles. The number of primary amides is 2. The molecule has 0 aromatic carbocycles. The summed E-state index contributed by atoms with van der Waals surface area (Å²) >= 11 is 4.07. The van der Waals surface area contributed by atoms with Crippen LogP contribution >= 0.6 is 62.7 Å². The molecule has 0 radical (unpaired) electrons. The van der Waals surface area contributed by atoms with Crippen LogP contribution in [0.2, 0.25) is 0 Å². The smallest absolute Gasteiger partial charge is 0.387 e. The van der Waals surface area contributed by atoms with Crippen molar-refractivity contribution in [1.82, 2.24) is 19.1 Å². The van der Waals surface area contributed by atoms with Gasteiger partial charge in [-0.15, -0.1) is 0 Å². The van der Waals surface area contributed by atoms with Crippen molar-refractivity contribution in [2.75, 3.05) is 62.7 Å². The molecular formula is C51H80N6O22P2S4. The molecule has 2 aromatic heterocycles. The second kappa shape index (κ2) is 31.0. The van der Waals surface area contributed by atoms with Crippen LogP contribution in [0.5, 0.6) is 0 Å². The van der Waals surface area contributed by atoms with Crippen molar-refractivity contribution in [3.63, 3.8) is 0 Å². The van der Waals surface area contributed by atoms with E-state index in [-0.39, 0.29) is 76.5 Å². The van der Waals surface area contributed by atoms with Gasteiger partial charge >= 0.3 is 15.6 Å². The van der Waals surface area contributed by atoms with Gasteiger partial charge in [-0.3, -0.25) is 74.6 Å². The van der Waals surface area contributed by atoms with Gasteiger partial charge in [0, 0.05) is 69.5 Å². The Morgan fingerprint density at radius 3 is 1.20 bits per heavy atom. The predicted molar refractivity (Wildman–Crippen MR) is 316 cm³/mol. The van der Waals surface area contributed by atoms with Gasteiger partial charge < -0.3 is 40.6 Å². The number of carbonyl (C=O) groups excluding carboxylic acids is 6. The molecule has 3 fully saturated rings. The normalized spacial score (nSPS) is 22.6. The van der Waals surface area contributed by atoms with Crippen LogP contribution in [0.4, 0.5) is 0 Å². The second-order valence-electron chi connectivity index (χ2n) is 23.7. The van der Waals surface area contributed by atoms with Crippen LogP contribution in [0.3, 0.4) is 0 Å². The lowest BCUT2D eigenvalue weighted by atomic mass is 9.99. The highest BCUT2D eigenvalue weighted by Crippen LogP contribution is 2.52. The minimum Gasteiger partial charge on any atom is -0.387 e. The molecule has 28 nitrogen and oxygen atoms in total. The van der Waals surface area contributed by atoms with Gasteiger partial charge in [-0.1, -0.05) is 130 Å².